The number of hydrogen-bond acceptors (Lipinski definition) is 5. The number of rotatable bonds is 5. The maximum atomic E-state index is 11.6. The van der Waals surface area contributed by atoms with Crippen molar-refractivity contribution >= 4 is 30.2 Å². The number of ether oxygens (including phenoxy) is 1. The molecule has 4 aromatic carbocycles. The van der Waals surface area contributed by atoms with Gasteiger partial charge in [0.2, 0.25) is 0 Å². The van der Waals surface area contributed by atoms with Crippen molar-refractivity contribution in [1.82, 2.24) is 4.72 Å². The Kier molecular flexibility index (Phi) is 6.49. The standard InChI is InChI=1S/C29H26N2O3S/c1-34-28-17-27-22(16-25(28)20-9-7-10-21(14-20)29(32)33)15-19-8-5-6-13-24(19)26(30-35)18-31(27)23-11-3-2-4-12-23/h2-14,16-17,26,30,35H,15,18H2,1H3,(H,32,33). The Morgan fingerprint density at radius 1 is 0.971 bits per heavy atom. The maximum Gasteiger partial charge on any atom is 0.335 e. The molecule has 0 radical (unpaired) electrons. The molecule has 5 rings (SSSR count). The van der Waals surface area contributed by atoms with E-state index in [9.17, 15) is 9.90 Å². The van der Waals surface area contributed by atoms with E-state index in [0.29, 0.717) is 12.3 Å². The van der Waals surface area contributed by atoms with Gasteiger partial charge in [0, 0.05) is 29.5 Å². The van der Waals surface area contributed by atoms with Gasteiger partial charge in [0.15, 0.2) is 0 Å². The summed E-state index contributed by atoms with van der Waals surface area (Å²) in [5, 5.41) is 9.51. The molecule has 2 N–H and O–H groups in total. The first kappa shape index (κ1) is 23.0. The summed E-state index contributed by atoms with van der Waals surface area (Å²) in [6.07, 6.45) is 0.719. The highest BCUT2D eigenvalue weighted by molar-refractivity contribution is 7.78. The zero-order chi connectivity index (χ0) is 24.4. The van der Waals surface area contributed by atoms with Crippen LogP contribution in [0.3, 0.4) is 0 Å². The summed E-state index contributed by atoms with van der Waals surface area (Å²) in [5.74, 6) is -0.261. The van der Waals surface area contributed by atoms with E-state index < -0.39 is 5.97 Å². The summed E-state index contributed by atoms with van der Waals surface area (Å²) in [6, 6.07) is 29.9. The van der Waals surface area contributed by atoms with Crippen molar-refractivity contribution in [2.24, 2.45) is 0 Å². The summed E-state index contributed by atoms with van der Waals surface area (Å²) in [7, 11) is 1.65. The van der Waals surface area contributed by atoms with Crippen LogP contribution >= 0.6 is 12.8 Å². The van der Waals surface area contributed by atoms with Crippen LogP contribution in [0.2, 0.25) is 0 Å². The van der Waals surface area contributed by atoms with Crippen molar-refractivity contribution in [2.75, 3.05) is 18.6 Å². The van der Waals surface area contributed by atoms with Crippen LogP contribution < -0.4 is 14.4 Å². The van der Waals surface area contributed by atoms with E-state index in [1.54, 1.807) is 25.3 Å². The fourth-order valence-corrected chi connectivity index (χ4v) is 5.02. The predicted molar refractivity (Wildman–Crippen MR) is 143 cm³/mol. The lowest BCUT2D eigenvalue weighted by atomic mass is 9.89. The van der Waals surface area contributed by atoms with E-state index >= 15 is 0 Å². The Bertz CT molecular complexity index is 1370. The van der Waals surface area contributed by atoms with Crippen molar-refractivity contribution in [3.63, 3.8) is 0 Å². The van der Waals surface area contributed by atoms with Gasteiger partial charge in [0.25, 0.3) is 0 Å². The van der Waals surface area contributed by atoms with Crippen molar-refractivity contribution < 1.29 is 14.6 Å². The van der Waals surface area contributed by atoms with Gasteiger partial charge in [0.1, 0.15) is 5.75 Å². The number of methoxy groups -OCH3 is 1. The Morgan fingerprint density at radius 2 is 1.74 bits per heavy atom. The van der Waals surface area contributed by atoms with Crippen LogP contribution in [0.1, 0.15) is 33.1 Å². The predicted octanol–water partition coefficient (Wildman–Crippen LogP) is 6.28. The van der Waals surface area contributed by atoms with Gasteiger partial charge in [-0.05, 0) is 59.0 Å². The van der Waals surface area contributed by atoms with Crippen LogP contribution in [0.25, 0.3) is 11.1 Å². The summed E-state index contributed by atoms with van der Waals surface area (Å²) in [4.78, 5) is 13.9. The third-order valence-electron chi connectivity index (χ3n) is 6.51. The summed E-state index contributed by atoms with van der Waals surface area (Å²) in [6.45, 7) is 0.675. The normalized spacial score (nSPS) is 14.9. The highest BCUT2D eigenvalue weighted by atomic mass is 32.1. The van der Waals surface area contributed by atoms with Crippen molar-refractivity contribution in [3.05, 3.63) is 113 Å². The van der Waals surface area contributed by atoms with E-state index in [1.165, 1.54) is 11.1 Å². The van der Waals surface area contributed by atoms with Crippen LogP contribution in [0.15, 0.2) is 91.0 Å². The van der Waals surface area contributed by atoms with Crippen molar-refractivity contribution in [1.29, 1.82) is 0 Å². The molecule has 0 saturated carbocycles. The zero-order valence-electron chi connectivity index (χ0n) is 19.3. The topological polar surface area (TPSA) is 61.8 Å². The summed E-state index contributed by atoms with van der Waals surface area (Å²) in [5.41, 5.74) is 7.61. The van der Waals surface area contributed by atoms with Gasteiger partial charge in [-0.25, -0.2) is 4.79 Å². The highest BCUT2D eigenvalue weighted by Gasteiger charge is 2.26. The number of carbonyl (C=O) groups is 1. The number of thiol groups is 1. The summed E-state index contributed by atoms with van der Waals surface area (Å²) >= 11 is 4.47. The quantitative estimate of drug-likeness (QED) is 0.292. The molecule has 0 amide bonds. The minimum Gasteiger partial charge on any atom is -0.496 e. The number of benzene rings is 4. The second-order valence-corrected chi connectivity index (χ2v) is 8.83. The number of aromatic carboxylic acids is 1. The number of nitrogens with zero attached hydrogens (tertiary/aromatic N) is 1. The first-order valence-corrected chi connectivity index (χ1v) is 11.9. The van der Waals surface area contributed by atoms with Gasteiger partial charge >= 0.3 is 5.97 Å². The van der Waals surface area contributed by atoms with Crippen LogP contribution in [0.5, 0.6) is 5.75 Å². The molecular formula is C29H26N2O3S. The van der Waals surface area contributed by atoms with Gasteiger partial charge in [-0.2, -0.15) is 0 Å². The number of carboxylic acid groups (broad SMARTS) is 1. The monoisotopic (exact) mass is 482 g/mol. The largest absolute Gasteiger partial charge is 0.496 e. The minimum atomic E-state index is -0.952. The third-order valence-corrected chi connectivity index (χ3v) is 6.82. The fraction of sp³-hybridized carbons (Fsp3) is 0.138. The maximum absolute atomic E-state index is 11.6. The number of carboxylic acids is 1. The number of nitrogens with one attached hydrogen (secondary N) is 1. The third kappa shape index (κ3) is 4.50. The number of para-hydroxylation sites is 1. The molecular weight excluding hydrogens is 456 g/mol. The minimum absolute atomic E-state index is 0.0146. The Labute approximate surface area is 210 Å². The molecule has 0 saturated heterocycles. The lowest BCUT2D eigenvalue weighted by molar-refractivity contribution is 0.0697. The molecule has 1 unspecified atom stereocenters. The van der Waals surface area contributed by atoms with Crippen molar-refractivity contribution in [3.8, 4) is 16.9 Å². The molecule has 1 aliphatic heterocycles. The average molecular weight is 483 g/mol. The van der Waals surface area contributed by atoms with E-state index in [0.717, 1.165) is 34.5 Å². The smallest absolute Gasteiger partial charge is 0.335 e. The molecule has 0 aliphatic carbocycles. The average Bonchev–Trinajstić information content (AvgIpc) is 2.89. The van der Waals surface area contributed by atoms with Crippen LogP contribution in [0.4, 0.5) is 11.4 Å². The lowest BCUT2D eigenvalue weighted by Crippen LogP contribution is -2.32. The van der Waals surface area contributed by atoms with Gasteiger partial charge in [-0.3, -0.25) is 4.72 Å². The zero-order valence-corrected chi connectivity index (χ0v) is 20.2. The molecule has 6 heteroatoms. The van der Waals surface area contributed by atoms with Crippen molar-refractivity contribution in [2.45, 2.75) is 12.5 Å². The highest BCUT2D eigenvalue weighted by Crippen LogP contribution is 2.42. The van der Waals surface area contributed by atoms with Gasteiger partial charge in [-0.15, -0.1) is 0 Å². The number of anilines is 2. The molecule has 1 heterocycles. The molecule has 0 spiro atoms. The Balaban J connectivity index is 1.74. The molecule has 176 valence electrons. The van der Waals surface area contributed by atoms with E-state index in [1.807, 2.05) is 24.3 Å². The summed E-state index contributed by atoms with van der Waals surface area (Å²) < 4.78 is 9.05. The molecule has 0 aromatic heterocycles. The number of fused-ring (bicyclic) bond motifs is 2. The van der Waals surface area contributed by atoms with E-state index in [4.69, 9.17) is 4.74 Å². The fourth-order valence-electron chi connectivity index (χ4n) is 4.80. The Morgan fingerprint density at radius 3 is 2.49 bits per heavy atom. The molecule has 1 atom stereocenters. The van der Waals surface area contributed by atoms with Crippen LogP contribution in [0, 0.1) is 0 Å². The molecule has 35 heavy (non-hydrogen) atoms. The molecule has 1 aliphatic rings. The van der Waals surface area contributed by atoms with Gasteiger partial charge < -0.3 is 14.7 Å². The van der Waals surface area contributed by atoms with E-state index in [2.05, 4.69) is 71.0 Å². The second kappa shape index (κ2) is 9.86. The van der Waals surface area contributed by atoms with Gasteiger partial charge in [0.05, 0.1) is 18.7 Å². The lowest BCUT2D eigenvalue weighted by Gasteiger charge is -2.35. The van der Waals surface area contributed by atoms with Gasteiger partial charge in [-0.1, -0.05) is 67.4 Å². The first-order valence-electron chi connectivity index (χ1n) is 11.4. The molecule has 0 bridgehead atoms. The molecule has 5 nitrogen and oxygen atoms in total. The number of hydrogen-bond donors (Lipinski definition) is 3. The molecule has 4 aromatic rings. The Hall–Kier alpha value is -3.74. The van der Waals surface area contributed by atoms with Crippen LogP contribution in [-0.2, 0) is 6.42 Å². The second-order valence-electron chi connectivity index (χ2n) is 8.57. The first-order chi connectivity index (χ1) is 17.1. The molecule has 0 fully saturated rings. The van der Waals surface area contributed by atoms with Crippen LogP contribution in [-0.4, -0.2) is 24.7 Å². The van der Waals surface area contributed by atoms with E-state index in [-0.39, 0.29) is 11.6 Å². The SMILES string of the molecule is COc1cc2c(cc1-c1cccc(C(=O)O)c1)Cc1ccccc1C(NS)CN2c1ccccc1.